The third-order valence-electron chi connectivity index (χ3n) is 1.70. The van der Waals surface area contributed by atoms with E-state index in [0.717, 1.165) is 16.6 Å². The molecule has 0 spiro atoms. The molecule has 0 unspecified atom stereocenters. The Morgan fingerprint density at radius 1 is 1.36 bits per heavy atom. The second-order valence-electron chi connectivity index (χ2n) is 2.73. The topological polar surface area (TPSA) is 104 Å². The van der Waals surface area contributed by atoms with E-state index in [9.17, 15) is 8.42 Å². The van der Waals surface area contributed by atoms with Gasteiger partial charge in [0, 0.05) is 0 Å². The molecule has 0 fully saturated rings. The zero-order chi connectivity index (χ0) is 10.3. The molecule has 2 heterocycles. The van der Waals surface area contributed by atoms with E-state index in [4.69, 9.17) is 5.73 Å². The normalized spacial score (nSPS) is 12.1. The fourth-order valence-corrected chi connectivity index (χ4v) is 1.74. The molecule has 7 nitrogen and oxygen atoms in total. The molecule has 2 aliphatic rings. The van der Waals surface area contributed by atoms with E-state index >= 15 is 0 Å². The first kappa shape index (κ1) is 8.88. The van der Waals surface area contributed by atoms with Crippen LogP contribution in [0, 0.1) is 0 Å². The van der Waals surface area contributed by atoms with E-state index in [1.165, 1.54) is 6.33 Å². The van der Waals surface area contributed by atoms with Crippen molar-refractivity contribution in [3.8, 4) is 11.5 Å². The van der Waals surface area contributed by atoms with Crippen molar-refractivity contribution < 1.29 is 8.42 Å². The van der Waals surface area contributed by atoms with Gasteiger partial charge in [-0.05, 0) is 0 Å². The molecule has 0 aromatic heterocycles. The van der Waals surface area contributed by atoms with Gasteiger partial charge in [-0.3, -0.25) is 0 Å². The van der Waals surface area contributed by atoms with Crippen LogP contribution in [0.25, 0.3) is 11.5 Å². The Bertz CT molecular complexity index is 546. The van der Waals surface area contributed by atoms with Crippen molar-refractivity contribution in [2.75, 3.05) is 12.0 Å². The minimum atomic E-state index is -3.44. The Kier molecular flexibility index (Phi) is 1.68. The third-order valence-corrected chi connectivity index (χ3v) is 2.71. The number of imidazole rings is 1. The standard InChI is InChI=1S/C6H7N5O2S/c1-14(12,13)11-3-10-6-4(5(11)7)8-2-9-6/h2-3H,7H2,1H3. The Labute approximate surface area is 80.0 Å². The SMILES string of the molecule is CS(=O)(=O)n1cnc2ncnc-2c1N. The molecule has 0 aliphatic carbocycles. The molecule has 0 aromatic carbocycles. The monoisotopic (exact) mass is 213 g/mol. The van der Waals surface area contributed by atoms with Crippen LogP contribution in [0.15, 0.2) is 12.7 Å². The van der Waals surface area contributed by atoms with E-state index in [1.54, 1.807) is 0 Å². The lowest BCUT2D eigenvalue weighted by molar-refractivity contribution is 0.593. The Hall–Kier alpha value is -1.70. The van der Waals surface area contributed by atoms with Gasteiger partial charge in [0.25, 0.3) is 0 Å². The van der Waals surface area contributed by atoms with Crippen molar-refractivity contribution >= 4 is 15.8 Å². The maximum absolute atomic E-state index is 11.2. The molecule has 2 N–H and O–H groups in total. The summed E-state index contributed by atoms with van der Waals surface area (Å²) in [5.74, 6) is 0.359. The number of nitrogen functional groups attached to an aromatic ring is 1. The number of nitrogens with zero attached hydrogens (tertiary/aromatic N) is 4. The number of nitrogens with two attached hydrogens (primary N) is 1. The van der Waals surface area contributed by atoms with Gasteiger partial charge in [-0.15, -0.1) is 0 Å². The summed E-state index contributed by atoms with van der Waals surface area (Å²) in [6.45, 7) is 0. The average molecular weight is 213 g/mol. The van der Waals surface area contributed by atoms with Crippen molar-refractivity contribution in [2.24, 2.45) is 0 Å². The van der Waals surface area contributed by atoms with Crippen LogP contribution in [0.4, 0.5) is 5.82 Å². The molecule has 0 amide bonds. The van der Waals surface area contributed by atoms with E-state index in [2.05, 4.69) is 15.0 Å². The summed E-state index contributed by atoms with van der Waals surface area (Å²) in [7, 11) is -3.44. The minimum Gasteiger partial charge on any atom is -0.382 e. The van der Waals surface area contributed by atoms with Gasteiger partial charge in [-0.2, -0.15) is 0 Å². The third kappa shape index (κ3) is 1.20. The van der Waals surface area contributed by atoms with Crippen LogP contribution in [-0.2, 0) is 10.0 Å². The highest BCUT2D eigenvalue weighted by molar-refractivity contribution is 7.89. The molecule has 14 heavy (non-hydrogen) atoms. The average Bonchev–Trinajstić information content (AvgIpc) is 2.50. The van der Waals surface area contributed by atoms with Gasteiger partial charge in [0.2, 0.25) is 10.0 Å². The van der Waals surface area contributed by atoms with Gasteiger partial charge in [0.05, 0.1) is 6.26 Å². The number of fused-ring (bicyclic) bond motifs is 1. The van der Waals surface area contributed by atoms with Crippen molar-refractivity contribution in [3.05, 3.63) is 12.7 Å². The van der Waals surface area contributed by atoms with E-state index in [-0.39, 0.29) is 11.5 Å². The summed E-state index contributed by atoms with van der Waals surface area (Å²) in [6, 6.07) is 0. The maximum atomic E-state index is 11.2. The van der Waals surface area contributed by atoms with Crippen LogP contribution in [0.3, 0.4) is 0 Å². The van der Waals surface area contributed by atoms with Crippen LogP contribution in [0.5, 0.6) is 0 Å². The second-order valence-corrected chi connectivity index (χ2v) is 4.59. The number of hydrogen-bond donors (Lipinski definition) is 1. The van der Waals surface area contributed by atoms with E-state index < -0.39 is 10.0 Å². The Balaban J connectivity index is 2.82. The molecule has 0 saturated carbocycles. The molecule has 0 saturated heterocycles. The van der Waals surface area contributed by atoms with Gasteiger partial charge in [-0.25, -0.2) is 27.3 Å². The number of rotatable bonds is 1. The van der Waals surface area contributed by atoms with Crippen molar-refractivity contribution in [3.63, 3.8) is 0 Å². The fraction of sp³-hybridized carbons (Fsp3) is 0.167. The van der Waals surface area contributed by atoms with Crippen LogP contribution >= 0.6 is 0 Å². The van der Waals surface area contributed by atoms with Gasteiger partial charge in [0.1, 0.15) is 18.5 Å². The molecule has 0 atom stereocenters. The lowest BCUT2D eigenvalue weighted by Crippen LogP contribution is -2.16. The van der Waals surface area contributed by atoms with Crippen molar-refractivity contribution in [1.82, 2.24) is 18.9 Å². The second kappa shape index (κ2) is 2.64. The quantitative estimate of drug-likeness (QED) is 0.662. The zero-order valence-electron chi connectivity index (χ0n) is 7.25. The first-order chi connectivity index (χ1) is 6.50. The zero-order valence-corrected chi connectivity index (χ0v) is 8.06. The lowest BCUT2D eigenvalue weighted by atomic mass is 10.4. The fourth-order valence-electron chi connectivity index (χ4n) is 1.07. The summed E-state index contributed by atoms with van der Waals surface area (Å²) in [4.78, 5) is 11.4. The molecule has 74 valence electrons. The van der Waals surface area contributed by atoms with Crippen LogP contribution < -0.4 is 5.73 Å². The summed E-state index contributed by atoms with van der Waals surface area (Å²) in [5, 5.41) is 0. The number of hydrogen-bond acceptors (Lipinski definition) is 6. The largest absolute Gasteiger partial charge is 0.382 e. The van der Waals surface area contributed by atoms with Gasteiger partial charge >= 0.3 is 0 Å². The Morgan fingerprint density at radius 2 is 2.07 bits per heavy atom. The number of aromatic nitrogens is 4. The molecular weight excluding hydrogens is 206 g/mol. The van der Waals surface area contributed by atoms with Crippen molar-refractivity contribution in [1.29, 1.82) is 0 Å². The highest BCUT2D eigenvalue weighted by Crippen LogP contribution is 2.21. The summed E-state index contributed by atoms with van der Waals surface area (Å²) >= 11 is 0. The van der Waals surface area contributed by atoms with E-state index in [1.807, 2.05) is 0 Å². The smallest absolute Gasteiger partial charge is 0.238 e. The summed E-state index contributed by atoms with van der Waals surface area (Å²) < 4.78 is 23.3. The molecule has 0 aromatic rings. The first-order valence-corrected chi connectivity index (χ1v) is 5.49. The molecule has 0 radical (unpaired) electrons. The molecular formula is C6H7N5O2S. The predicted molar refractivity (Wildman–Crippen MR) is 49.1 cm³/mol. The highest BCUT2D eigenvalue weighted by Gasteiger charge is 2.17. The maximum Gasteiger partial charge on any atom is 0.238 e. The predicted octanol–water partition coefficient (Wildman–Crippen LogP) is -0.832. The molecule has 8 heteroatoms. The molecule has 2 rings (SSSR count). The van der Waals surface area contributed by atoms with Gasteiger partial charge in [0.15, 0.2) is 11.5 Å². The summed E-state index contributed by atoms with van der Waals surface area (Å²) in [6.07, 6.45) is 3.43. The highest BCUT2D eigenvalue weighted by atomic mass is 32.2. The van der Waals surface area contributed by atoms with Gasteiger partial charge < -0.3 is 5.73 Å². The first-order valence-electron chi connectivity index (χ1n) is 3.64. The minimum absolute atomic E-state index is 0.0231. The lowest BCUT2D eigenvalue weighted by Gasteiger charge is -2.08. The van der Waals surface area contributed by atoms with Crippen LogP contribution in [-0.4, -0.2) is 33.6 Å². The van der Waals surface area contributed by atoms with Gasteiger partial charge in [-0.1, -0.05) is 0 Å². The summed E-state index contributed by atoms with van der Waals surface area (Å²) in [5.41, 5.74) is 5.88. The van der Waals surface area contributed by atoms with Crippen LogP contribution in [0.1, 0.15) is 0 Å². The molecule has 0 bridgehead atoms. The Morgan fingerprint density at radius 3 is 2.71 bits per heavy atom. The number of anilines is 1. The van der Waals surface area contributed by atoms with E-state index in [0.29, 0.717) is 5.82 Å². The molecule has 2 aliphatic heterocycles. The van der Waals surface area contributed by atoms with Crippen molar-refractivity contribution in [2.45, 2.75) is 0 Å². The van der Waals surface area contributed by atoms with Crippen LogP contribution in [0.2, 0.25) is 0 Å².